The van der Waals surface area contributed by atoms with Crippen LogP contribution in [0.2, 0.25) is 5.15 Å². The maximum absolute atomic E-state index is 8.66. The third-order valence-electron chi connectivity index (χ3n) is 2.21. The Morgan fingerprint density at radius 3 is 3.00 bits per heavy atom. The molecular weight excluding hydrogens is 218 g/mol. The molecule has 1 heterocycles. The highest BCUT2D eigenvalue weighted by molar-refractivity contribution is 7.16. The molecule has 2 rings (SSSR count). The highest BCUT2D eigenvalue weighted by Crippen LogP contribution is 2.32. The van der Waals surface area contributed by atoms with Gasteiger partial charge in [-0.2, -0.15) is 5.26 Å². The van der Waals surface area contributed by atoms with Crippen molar-refractivity contribution in [3.05, 3.63) is 10.0 Å². The predicted octanol–water partition coefficient (Wildman–Crippen LogP) is 2.88. The fourth-order valence-corrected chi connectivity index (χ4v) is 2.21. The average molecular weight is 228 g/mol. The number of halogens is 1. The number of nitrogens with zero attached hydrogens (tertiary/aromatic N) is 2. The van der Waals surface area contributed by atoms with Crippen molar-refractivity contribution >= 4 is 28.1 Å². The van der Waals surface area contributed by atoms with Crippen molar-refractivity contribution in [2.24, 2.45) is 5.92 Å². The number of thiazole rings is 1. The summed E-state index contributed by atoms with van der Waals surface area (Å²) in [7, 11) is 0. The summed E-state index contributed by atoms with van der Waals surface area (Å²) in [4.78, 5) is 4.54. The largest absolute Gasteiger partial charge is 0.361 e. The van der Waals surface area contributed by atoms with Crippen molar-refractivity contribution in [3.63, 3.8) is 0 Å². The molecule has 0 saturated heterocycles. The van der Waals surface area contributed by atoms with E-state index in [0.29, 0.717) is 10.0 Å². The minimum absolute atomic E-state index is 0.312. The van der Waals surface area contributed by atoms with Gasteiger partial charge in [0.15, 0.2) is 10.3 Å². The average Bonchev–Trinajstić information content (AvgIpc) is 2.91. The van der Waals surface area contributed by atoms with Crippen molar-refractivity contribution in [1.29, 1.82) is 5.26 Å². The number of hydrogen-bond donors (Lipinski definition) is 1. The van der Waals surface area contributed by atoms with Crippen LogP contribution in [-0.2, 0) is 0 Å². The monoisotopic (exact) mass is 227 g/mol. The first-order chi connectivity index (χ1) is 6.79. The van der Waals surface area contributed by atoms with Crippen LogP contribution in [-0.4, -0.2) is 11.5 Å². The highest BCUT2D eigenvalue weighted by Gasteiger charge is 2.20. The van der Waals surface area contributed by atoms with Gasteiger partial charge < -0.3 is 5.32 Å². The number of nitriles is 1. The van der Waals surface area contributed by atoms with Crippen molar-refractivity contribution in [2.45, 2.75) is 19.3 Å². The summed E-state index contributed by atoms with van der Waals surface area (Å²) in [6.45, 7) is 0.930. The van der Waals surface area contributed by atoms with Crippen LogP contribution in [0.5, 0.6) is 0 Å². The van der Waals surface area contributed by atoms with Gasteiger partial charge in [-0.1, -0.05) is 35.8 Å². The van der Waals surface area contributed by atoms with Crippen LogP contribution in [0.25, 0.3) is 0 Å². The van der Waals surface area contributed by atoms with E-state index in [2.05, 4.69) is 10.3 Å². The lowest BCUT2D eigenvalue weighted by Gasteiger charge is -1.99. The number of anilines is 1. The molecule has 0 bridgehead atoms. The first-order valence-corrected chi connectivity index (χ1v) is 5.79. The molecule has 0 radical (unpaired) electrons. The maximum Gasteiger partial charge on any atom is 0.185 e. The number of nitrogens with one attached hydrogen (secondary N) is 1. The standard InChI is InChI=1S/C9H10ClN3S/c10-8-7(5-11)14-9(13-8)12-4-3-6-1-2-6/h6H,1-4H2,(H,12,13). The summed E-state index contributed by atoms with van der Waals surface area (Å²) in [5.41, 5.74) is 0. The lowest BCUT2D eigenvalue weighted by atomic mass is 10.3. The van der Waals surface area contributed by atoms with Gasteiger partial charge in [-0.3, -0.25) is 0 Å². The van der Waals surface area contributed by atoms with Crippen LogP contribution in [0.4, 0.5) is 5.13 Å². The first-order valence-electron chi connectivity index (χ1n) is 4.60. The molecule has 74 valence electrons. The van der Waals surface area contributed by atoms with E-state index in [1.165, 1.54) is 30.6 Å². The molecule has 5 heteroatoms. The molecule has 1 aliphatic carbocycles. The normalized spacial score (nSPS) is 15.1. The van der Waals surface area contributed by atoms with E-state index in [4.69, 9.17) is 16.9 Å². The molecule has 3 nitrogen and oxygen atoms in total. The second-order valence-corrected chi connectivity index (χ2v) is 4.77. The van der Waals surface area contributed by atoms with Crippen LogP contribution in [0, 0.1) is 17.2 Å². The van der Waals surface area contributed by atoms with Gasteiger partial charge in [0.1, 0.15) is 10.9 Å². The Bertz CT molecular complexity index is 365. The van der Waals surface area contributed by atoms with E-state index < -0.39 is 0 Å². The molecule has 1 aliphatic rings. The lowest BCUT2D eigenvalue weighted by molar-refractivity contribution is 0.760. The summed E-state index contributed by atoms with van der Waals surface area (Å²) < 4.78 is 0. The van der Waals surface area contributed by atoms with Crippen LogP contribution < -0.4 is 5.32 Å². The van der Waals surface area contributed by atoms with E-state index >= 15 is 0 Å². The van der Waals surface area contributed by atoms with Crippen molar-refractivity contribution in [3.8, 4) is 6.07 Å². The van der Waals surface area contributed by atoms with Crippen LogP contribution in [0.1, 0.15) is 24.1 Å². The van der Waals surface area contributed by atoms with Gasteiger partial charge in [-0.15, -0.1) is 0 Å². The summed E-state index contributed by atoms with van der Waals surface area (Å²) >= 11 is 7.05. The second-order valence-electron chi connectivity index (χ2n) is 3.41. The molecule has 14 heavy (non-hydrogen) atoms. The van der Waals surface area contributed by atoms with Gasteiger partial charge in [-0.25, -0.2) is 4.98 Å². The zero-order valence-electron chi connectivity index (χ0n) is 7.59. The number of rotatable bonds is 4. The third kappa shape index (κ3) is 2.37. The van der Waals surface area contributed by atoms with Gasteiger partial charge in [0.2, 0.25) is 0 Å². The molecule has 0 unspecified atom stereocenters. The molecule has 1 aromatic rings. The zero-order chi connectivity index (χ0) is 9.97. The Balaban J connectivity index is 1.85. The molecule has 0 spiro atoms. The first kappa shape index (κ1) is 9.75. The summed E-state index contributed by atoms with van der Waals surface area (Å²) in [6.07, 6.45) is 3.92. The molecular formula is C9H10ClN3S. The maximum atomic E-state index is 8.66. The van der Waals surface area contributed by atoms with E-state index in [-0.39, 0.29) is 0 Å². The Labute approximate surface area is 91.7 Å². The Kier molecular flexibility index (Phi) is 2.90. The lowest BCUT2D eigenvalue weighted by Crippen LogP contribution is -2.01. The quantitative estimate of drug-likeness (QED) is 0.861. The molecule has 0 atom stereocenters. The molecule has 1 aromatic heterocycles. The highest BCUT2D eigenvalue weighted by atomic mass is 35.5. The van der Waals surface area contributed by atoms with Gasteiger partial charge in [0.05, 0.1) is 0 Å². The smallest absolute Gasteiger partial charge is 0.185 e. The summed E-state index contributed by atoms with van der Waals surface area (Å²) in [6, 6.07) is 2.01. The fourth-order valence-electron chi connectivity index (χ4n) is 1.24. The molecule has 0 aliphatic heterocycles. The Morgan fingerprint density at radius 1 is 1.64 bits per heavy atom. The minimum Gasteiger partial charge on any atom is -0.361 e. The molecule has 1 fully saturated rings. The Morgan fingerprint density at radius 2 is 2.43 bits per heavy atom. The molecule has 1 N–H and O–H groups in total. The van der Waals surface area contributed by atoms with Crippen LogP contribution in [0.15, 0.2) is 0 Å². The van der Waals surface area contributed by atoms with Gasteiger partial charge in [0, 0.05) is 6.54 Å². The topological polar surface area (TPSA) is 48.7 Å². The number of hydrogen-bond acceptors (Lipinski definition) is 4. The number of aromatic nitrogens is 1. The van der Waals surface area contributed by atoms with Crippen molar-refractivity contribution in [1.82, 2.24) is 4.98 Å². The summed E-state index contributed by atoms with van der Waals surface area (Å²) in [5, 5.41) is 12.9. The van der Waals surface area contributed by atoms with Gasteiger partial charge in [0.25, 0.3) is 0 Å². The molecule has 0 aromatic carbocycles. The fraction of sp³-hybridized carbons (Fsp3) is 0.556. The van der Waals surface area contributed by atoms with E-state index in [1.807, 2.05) is 6.07 Å². The van der Waals surface area contributed by atoms with E-state index in [0.717, 1.165) is 17.6 Å². The van der Waals surface area contributed by atoms with E-state index in [9.17, 15) is 0 Å². The van der Waals surface area contributed by atoms with Gasteiger partial charge in [-0.05, 0) is 12.3 Å². The zero-order valence-corrected chi connectivity index (χ0v) is 9.16. The van der Waals surface area contributed by atoms with Gasteiger partial charge >= 0.3 is 0 Å². The second kappa shape index (κ2) is 4.16. The SMILES string of the molecule is N#Cc1sc(NCCC2CC2)nc1Cl. The predicted molar refractivity (Wildman–Crippen MR) is 57.7 cm³/mol. The minimum atomic E-state index is 0.312. The molecule has 1 saturated carbocycles. The van der Waals surface area contributed by atoms with Crippen molar-refractivity contribution in [2.75, 3.05) is 11.9 Å². The van der Waals surface area contributed by atoms with Crippen molar-refractivity contribution < 1.29 is 0 Å². The van der Waals surface area contributed by atoms with Crippen LogP contribution in [0.3, 0.4) is 0 Å². The van der Waals surface area contributed by atoms with Crippen LogP contribution >= 0.6 is 22.9 Å². The Hall–Kier alpha value is -0.790. The molecule has 0 amide bonds. The summed E-state index contributed by atoms with van der Waals surface area (Å²) in [5.74, 6) is 0.911. The third-order valence-corrected chi connectivity index (χ3v) is 3.52. The van der Waals surface area contributed by atoms with E-state index in [1.54, 1.807) is 0 Å².